The summed E-state index contributed by atoms with van der Waals surface area (Å²) < 4.78 is 37.8. The van der Waals surface area contributed by atoms with Gasteiger partial charge in [-0.05, 0) is 25.1 Å². The van der Waals surface area contributed by atoms with Gasteiger partial charge in [0.2, 0.25) is 0 Å². The van der Waals surface area contributed by atoms with Crippen molar-refractivity contribution in [2.45, 2.75) is 18.6 Å². The molecule has 1 amide bonds. The van der Waals surface area contributed by atoms with E-state index in [-0.39, 0.29) is 10.7 Å². The quantitative estimate of drug-likeness (QED) is 0.798. The molecule has 0 aliphatic rings. The Hall–Kier alpha value is -1.80. The van der Waals surface area contributed by atoms with Gasteiger partial charge in [-0.15, -0.1) is 0 Å². The lowest BCUT2D eigenvalue weighted by Crippen LogP contribution is -2.59. The standard InChI is InChI=1S/C11H10ClF3N2O3/c1-10(16,11(13,14)15)9(20)17-7-3-2-5(12)4-6(7)8(18)19/h2-4H,16H2,1H3,(H,17,20)(H,18,19). The Morgan fingerprint density at radius 3 is 2.35 bits per heavy atom. The number of carbonyl (C=O) groups excluding carboxylic acids is 1. The molecule has 1 atom stereocenters. The lowest BCUT2D eigenvalue weighted by molar-refractivity contribution is -0.184. The van der Waals surface area contributed by atoms with Gasteiger partial charge in [-0.1, -0.05) is 11.6 Å². The van der Waals surface area contributed by atoms with Crippen molar-refractivity contribution >= 4 is 29.2 Å². The van der Waals surface area contributed by atoms with Crippen LogP contribution in [-0.4, -0.2) is 28.7 Å². The average Bonchev–Trinajstić information content (AvgIpc) is 2.29. The highest BCUT2D eigenvalue weighted by Crippen LogP contribution is 2.30. The molecular formula is C11H10ClF3N2O3. The highest BCUT2D eigenvalue weighted by Gasteiger charge is 2.54. The van der Waals surface area contributed by atoms with E-state index in [0.717, 1.165) is 12.1 Å². The van der Waals surface area contributed by atoms with Gasteiger partial charge >= 0.3 is 12.1 Å². The molecule has 0 saturated heterocycles. The summed E-state index contributed by atoms with van der Waals surface area (Å²) in [5.41, 5.74) is 1.01. The number of aromatic carboxylic acids is 1. The lowest BCUT2D eigenvalue weighted by Gasteiger charge is -2.26. The van der Waals surface area contributed by atoms with Crippen molar-refractivity contribution in [3.8, 4) is 0 Å². The number of benzene rings is 1. The molecule has 5 nitrogen and oxygen atoms in total. The number of nitrogens with one attached hydrogen (secondary N) is 1. The van der Waals surface area contributed by atoms with Gasteiger partial charge in [0.25, 0.3) is 5.91 Å². The first-order valence-electron chi connectivity index (χ1n) is 5.16. The van der Waals surface area contributed by atoms with Crippen molar-refractivity contribution in [1.82, 2.24) is 0 Å². The number of nitrogens with two attached hydrogens (primary N) is 1. The van der Waals surface area contributed by atoms with E-state index >= 15 is 0 Å². The maximum Gasteiger partial charge on any atom is 0.415 e. The molecule has 0 spiro atoms. The Morgan fingerprint density at radius 2 is 1.90 bits per heavy atom. The first-order chi connectivity index (χ1) is 8.96. The SMILES string of the molecule is CC(N)(C(=O)Nc1ccc(Cl)cc1C(=O)O)C(F)(F)F. The first kappa shape index (κ1) is 16.3. The zero-order valence-electron chi connectivity index (χ0n) is 10.1. The fourth-order valence-electron chi connectivity index (χ4n) is 1.18. The minimum absolute atomic E-state index is 0.0618. The van der Waals surface area contributed by atoms with Crippen LogP contribution in [-0.2, 0) is 4.79 Å². The van der Waals surface area contributed by atoms with Crippen molar-refractivity contribution < 1.29 is 27.9 Å². The molecule has 0 radical (unpaired) electrons. The van der Waals surface area contributed by atoms with Crippen LogP contribution in [0.15, 0.2) is 18.2 Å². The number of hydrogen-bond acceptors (Lipinski definition) is 3. The third kappa shape index (κ3) is 3.20. The lowest BCUT2D eigenvalue weighted by atomic mass is 10.0. The van der Waals surface area contributed by atoms with Crippen molar-refractivity contribution in [3.63, 3.8) is 0 Å². The van der Waals surface area contributed by atoms with Gasteiger partial charge in [-0.3, -0.25) is 4.79 Å². The minimum atomic E-state index is -4.98. The second kappa shape index (κ2) is 5.29. The largest absolute Gasteiger partial charge is 0.478 e. The molecule has 1 aromatic carbocycles. The number of hydrogen-bond donors (Lipinski definition) is 3. The van der Waals surface area contributed by atoms with Gasteiger partial charge in [0.15, 0.2) is 5.54 Å². The Bertz CT molecular complexity index is 558. The van der Waals surface area contributed by atoms with Crippen molar-refractivity contribution in [2.24, 2.45) is 5.73 Å². The molecule has 4 N–H and O–H groups in total. The van der Waals surface area contributed by atoms with Crippen LogP contribution in [0.4, 0.5) is 18.9 Å². The summed E-state index contributed by atoms with van der Waals surface area (Å²) in [6.07, 6.45) is -4.98. The van der Waals surface area contributed by atoms with Crippen molar-refractivity contribution in [1.29, 1.82) is 0 Å². The molecule has 1 unspecified atom stereocenters. The third-order valence-corrected chi connectivity index (χ3v) is 2.76. The number of carbonyl (C=O) groups is 2. The second-order valence-corrected chi connectivity index (χ2v) is 4.59. The molecule has 0 aliphatic carbocycles. The third-order valence-electron chi connectivity index (χ3n) is 2.52. The summed E-state index contributed by atoms with van der Waals surface area (Å²) >= 11 is 5.58. The molecule has 0 heterocycles. The van der Waals surface area contributed by atoms with Crippen LogP contribution in [0.3, 0.4) is 0 Å². The highest BCUT2D eigenvalue weighted by molar-refractivity contribution is 6.31. The van der Waals surface area contributed by atoms with Crippen LogP contribution in [0.2, 0.25) is 5.02 Å². The number of alkyl halides is 3. The van der Waals surface area contributed by atoms with Crippen LogP contribution in [0.1, 0.15) is 17.3 Å². The van der Waals surface area contributed by atoms with E-state index in [1.807, 2.05) is 5.32 Å². The van der Waals surface area contributed by atoms with Crippen LogP contribution in [0.5, 0.6) is 0 Å². The Morgan fingerprint density at radius 1 is 1.35 bits per heavy atom. The number of rotatable bonds is 3. The van der Waals surface area contributed by atoms with Crippen LogP contribution in [0, 0.1) is 0 Å². The van der Waals surface area contributed by atoms with Gasteiger partial charge in [0, 0.05) is 5.02 Å². The minimum Gasteiger partial charge on any atom is -0.478 e. The predicted molar refractivity (Wildman–Crippen MR) is 65.7 cm³/mol. The molecule has 0 fully saturated rings. The maximum absolute atomic E-state index is 12.6. The molecule has 9 heteroatoms. The van der Waals surface area contributed by atoms with Gasteiger partial charge in [0.1, 0.15) is 0 Å². The van der Waals surface area contributed by atoms with E-state index in [1.54, 1.807) is 0 Å². The zero-order chi connectivity index (χ0) is 15.7. The van der Waals surface area contributed by atoms with Gasteiger partial charge < -0.3 is 16.2 Å². The van der Waals surface area contributed by atoms with E-state index < -0.39 is 29.2 Å². The van der Waals surface area contributed by atoms with Crippen molar-refractivity contribution in [3.05, 3.63) is 28.8 Å². The summed E-state index contributed by atoms with van der Waals surface area (Å²) in [6.45, 7) is 0.485. The summed E-state index contributed by atoms with van der Waals surface area (Å²) in [5, 5.41) is 10.8. The summed E-state index contributed by atoms with van der Waals surface area (Å²) in [7, 11) is 0. The summed E-state index contributed by atoms with van der Waals surface area (Å²) in [4.78, 5) is 22.5. The maximum atomic E-state index is 12.6. The first-order valence-corrected chi connectivity index (χ1v) is 5.54. The number of halogens is 4. The summed E-state index contributed by atoms with van der Waals surface area (Å²) in [6, 6.07) is 3.31. The van der Waals surface area contributed by atoms with E-state index in [4.69, 9.17) is 22.4 Å². The molecule has 1 aromatic rings. The van der Waals surface area contributed by atoms with Crippen LogP contribution in [0.25, 0.3) is 0 Å². The van der Waals surface area contributed by atoms with E-state index in [9.17, 15) is 22.8 Å². The number of anilines is 1. The fraction of sp³-hybridized carbons (Fsp3) is 0.273. The normalized spacial score (nSPS) is 14.5. The van der Waals surface area contributed by atoms with Gasteiger partial charge in [0.05, 0.1) is 11.3 Å². The van der Waals surface area contributed by atoms with E-state index in [0.29, 0.717) is 6.92 Å². The Balaban J connectivity index is 3.12. The van der Waals surface area contributed by atoms with E-state index in [1.165, 1.54) is 6.07 Å². The fourth-order valence-corrected chi connectivity index (χ4v) is 1.36. The molecule has 20 heavy (non-hydrogen) atoms. The van der Waals surface area contributed by atoms with Crippen LogP contribution >= 0.6 is 11.6 Å². The zero-order valence-corrected chi connectivity index (χ0v) is 10.8. The molecule has 0 aliphatic heterocycles. The number of amides is 1. The number of carboxylic acid groups (broad SMARTS) is 1. The number of carboxylic acids is 1. The average molecular weight is 311 g/mol. The molecular weight excluding hydrogens is 301 g/mol. The summed E-state index contributed by atoms with van der Waals surface area (Å²) in [5.74, 6) is -3.02. The molecule has 1 rings (SSSR count). The smallest absolute Gasteiger partial charge is 0.415 e. The van der Waals surface area contributed by atoms with Gasteiger partial charge in [-0.25, -0.2) is 4.79 Å². The topological polar surface area (TPSA) is 92.4 Å². The Labute approximate surface area is 116 Å². The van der Waals surface area contributed by atoms with Gasteiger partial charge in [-0.2, -0.15) is 13.2 Å². The van der Waals surface area contributed by atoms with Crippen LogP contribution < -0.4 is 11.1 Å². The molecule has 0 saturated carbocycles. The molecule has 110 valence electrons. The Kier molecular flexibility index (Phi) is 4.30. The monoisotopic (exact) mass is 310 g/mol. The predicted octanol–water partition coefficient (Wildman–Crippen LogP) is 2.26. The van der Waals surface area contributed by atoms with E-state index in [2.05, 4.69) is 0 Å². The van der Waals surface area contributed by atoms with Crippen molar-refractivity contribution in [2.75, 3.05) is 5.32 Å². The second-order valence-electron chi connectivity index (χ2n) is 4.15. The molecule has 0 aromatic heterocycles. The molecule has 0 bridgehead atoms. The highest BCUT2D eigenvalue weighted by atomic mass is 35.5.